The second kappa shape index (κ2) is 11.1. The number of halogens is 6. The molecule has 176 valence electrons. The lowest BCUT2D eigenvalue weighted by atomic mass is 10.4. The van der Waals surface area contributed by atoms with Crippen molar-refractivity contribution in [2.75, 3.05) is 53.1 Å². The summed E-state index contributed by atoms with van der Waals surface area (Å²) < 4.78 is 121. The molecule has 0 aromatic heterocycles. The monoisotopic (exact) mass is 482 g/mol. The van der Waals surface area contributed by atoms with Gasteiger partial charge in [0.05, 0.1) is 26.3 Å². The predicted molar refractivity (Wildman–Crippen MR) is 90.6 cm³/mol. The zero-order valence-electron chi connectivity index (χ0n) is 15.8. The molecule has 0 bridgehead atoms. The van der Waals surface area contributed by atoms with Crippen LogP contribution in [0.3, 0.4) is 0 Å². The quantitative estimate of drug-likeness (QED) is 0.284. The second-order valence-electron chi connectivity index (χ2n) is 6.05. The summed E-state index contributed by atoms with van der Waals surface area (Å²) in [4.78, 5) is 0. The van der Waals surface area contributed by atoms with Crippen molar-refractivity contribution in [3.63, 3.8) is 0 Å². The van der Waals surface area contributed by atoms with E-state index in [2.05, 4.69) is 6.92 Å². The normalized spacial score (nSPS) is 17.7. The molecule has 0 unspecified atom stereocenters. The standard InChI is InChI=1S/C11H24NO2.C2F6NO4S2/c1-3-14-11-9-12(8-10-13-2)6-4-5-7-12;3-1(4,5)14(10,11)9-15(12,13)2(6,7)8/h3-11H2,1-2H3;/q+1;-1. The van der Waals surface area contributed by atoms with Gasteiger partial charge in [0.1, 0.15) is 13.1 Å². The Bertz CT molecular complexity index is 646. The molecular formula is C13H24F6N2O6S2. The maximum Gasteiger partial charge on any atom is 0.480 e. The number of ether oxygens (including phenoxy) is 2. The first-order chi connectivity index (χ1) is 13.0. The second-order valence-corrected chi connectivity index (χ2v) is 9.47. The predicted octanol–water partition coefficient (Wildman–Crippen LogP) is 2.34. The number of alkyl halides is 6. The Balaban J connectivity index is 0.000000541. The van der Waals surface area contributed by atoms with Crippen LogP contribution in [0.5, 0.6) is 0 Å². The average Bonchev–Trinajstić information content (AvgIpc) is 3.00. The van der Waals surface area contributed by atoms with E-state index >= 15 is 0 Å². The summed E-state index contributed by atoms with van der Waals surface area (Å²) in [6.07, 6.45) is 2.74. The summed E-state index contributed by atoms with van der Waals surface area (Å²) in [6, 6.07) is 0. The molecule has 1 aliphatic rings. The summed E-state index contributed by atoms with van der Waals surface area (Å²) in [5.41, 5.74) is -12.4. The van der Waals surface area contributed by atoms with E-state index in [4.69, 9.17) is 9.47 Å². The molecule has 1 fully saturated rings. The minimum Gasteiger partial charge on any atom is -0.421 e. The molecule has 0 aromatic rings. The molecule has 1 heterocycles. The minimum atomic E-state index is -6.72. The van der Waals surface area contributed by atoms with Crippen molar-refractivity contribution < 1.29 is 57.1 Å². The van der Waals surface area contributed by atoms with Crippen LogP contribution < -0.4 is 0 Å². The summed E-state index contributed by atoms with van der Waals surface area (Å²) in [5, 5.41) is 0. The topological polar surface area (TPSA) is 101 Å². The molecule has 8 nitrogen and oxygen atoms in total. The van der Waals surface area contributed by atoms with Gasteiger partial charge in [-0.25, -0.2) is 16.8 Å². The lowest BCUT2D eigenvalue weighted by Crippen LogP contribution is -2.49. The highest BCUT2D eigenvalue weighted by molar-refractivity contribution is 8.13. The maximum atomic E-state index is 11.4. The molecule has 0 radical (unpaired) electrons. The third-order valence-electron chi connectivity index (χ3n) is 3.98. The van der Waals surface area contributed by atoms with Gasteiger partial charge < -0.3 is 18.1 Å². The Morgan fingerprint density at radius 1 is 0.862 bits per heavy atom. The summed E-state index contributed by atoms with van der Waals surface area (Å²) in [6.45, 7) is 9.63. The number of nitrogens with zero attached hydrogens (tertiary/aromatic N) is 2. The van der Waals surface area contributed by atoms with Gasteiger partial charge in [-0.2, -0.15) is 26.3 Å². The van der Waals surface area contributed by atoms with Gasteiger partial charge in [-0.3, -0.25) is 0 Å². The fourth-order valence-electron chi connectivity index (χ4n) is 2.47. The molecule has 0 aliphatic carbocycles. The van der Waals surface area contributed by atoms with Crippen molar-refractivity contribution in [2.24, 2.45) is 0 Å². The number of rotatable bonds is 9. The van der Waals surface area contributed by atoms with Crippen molar-refractivity contribution in [1.82, 2.24) is 0 Å². The van der Waals surface area contributed by atoms with Crippen LogP contribution in [0.2, 0.25) is 0 Å². The van der Waals surface area contributed by atoms with Crippen molar-refractivity contribution in [1.29, 1.82) is 0 Å². The van der Waals surface area contributed by atoms with E-state index in [0.717, 1.165) is 37.0 Å². The van der Waals surface area contributed by atoms with E-state index in [1.165, 1.54) is 30.4 Å². The van der Waals surface area contributed by atoms with Crippen molar-refractivity contribution in [3.05, 3.63) is 4.13 Å². The maximum absolute atomic E-state index is 11.4. The molecule has 0 N–H and O–H groups in total. The molecule has 1 rings (SSSR count). The van der Waals surface area contributed by atoms with Crippen LogP contribution in [0.1, 0.15) is 19.8 Å². The average molecular weight is 482 g/mol. The van der Waals surface area contributed by atoms with E-state index < -0.39 is 31.1 Å². The van der Waals surface area contributed by atoms with Crippen LogP contribution in [-0.2, 0) is 29.5 Å². The Kier molecular flexibility index (Phi) is 10.8. The van der Waals surface area contributed by atoms with Crippen molar-refractivity contribution in [3.8, 4) is 0 Å². The largest absolute Gasteiger partial charge is 0.480 e. The molecule has 0 atom stereocenters. The van der Waals surface area contributed by atoms with Gasteiger partial charge in [-0.05, 0) is 6.92 Å². The van der Waals surface area contributed by atoms with E-state index in [0.29, 0.717) is 0 Å². The first-order valence-electron chi connectivity index (χ1n) is 8.32. The van der Waals surface area contributed by atoms with Crippen LogP contribution in [-0.4, -0.2) is 85.4 Å². The van der Waals surface area contributed by atoms with Gasteiger partial charge >= 0.3 is 11.0 Å². The van der Waals surface area contributed by atoms with E-state index in [-0.39, 0.29) is 0 Å². The van der Waals surface area contributed by atoms with Gasteiger partial charge in [0.25, 0.3) is 0 Å². The summed E-state index contributed by atoms with van der Waals surface area (Å²) in [7, 11) is -11.7. The number of hydrogen-bond donors (Lipinski definition) is 0. The smallest absolute Gasteiger partial charge is 0.421 e. The van der Waals surface area contributed by atoms with Gasteiger partial charge in [-0.1, -0.05) is 0 Å². The Hall–Kier alpha value is -0.680. The Morgan fingerprint density at radius 3 is 1.62 bits per heavy atom. The summed E-state index contributed by atoms with van der Waals surface area (Å²) >= 11 is 0. The first-order valence-corrected chi connectivity index (χ1v) is 11.2. The van der Waals surface area contributed by atoms with Gasteiger partial charge in [0, 0.05) is 26.6 Å². The lowest BCUT2D eigenvalue weighted by molar-refractivity contribution is -0.917. The van der Waals surface area contributed by atoms with Crippen LogP contribution >= 0.6 is 0 Å². The number of quaternary nitrogens is 1. The lowest BCUT2D eigenvalue weighted by Gasteiger charge is -2.33. The van der Waals surface area contributed by atoms with E-state index in [1.54, 1.807) is 7.11 Å². The van der Waals surface area contributed by atoms with E-state index in [9.17, 15) is 43.2 Å². The van der Waals surface area contributed by atoms with Crippen LogP contribution in [0.15, 0.2) is 0 Å². The number of hydrogen-bond acceptors (Lipinski definition) is 6. The third-order valence-corrected chi connectivity index (χ3v) is 6.72. The zero-order chi connectivity index (χ0) is 23.0. The van der Waals surface area contributed by atoms with Crippen molar-refractivity contribution >= 4 is 20.0 Å². The molecule has 0 aromatic carbocycles. The third kappa shape index (κ3) is 9.33. The summed E-state index contributed by atoms with van der Waals surface area (Å²) in [5.74, 6) is 0. The molecule has 0 saturated carbocycles. The van der Waals surface area contributed by atoms with Crippen molar-refractivity contribution in [2.45, 2.75) is 30.8 Å². The van der Waals surface area contributed by atoms with Gasteiger partial charge in [0.2, 0.25) is 0 Å². The fourth-order valence-corrected chi connectivity index (χ4v) is 4.18. The Labute approximate surface area is 165 Å². The number of likely N-dealkylation sites (tertiary alicyclic amines) is 1. The van der Waals surface area contributed by atoms with Crippen LogP contribution in [0.4, 0.5) is 26.3 Å². The Morgan fingerprint density at radius 2 is 1.28 bits per heavy atom. The molecule has 0 spiro atoms. The molecule has 29 heavy (non-hydrogen) atoms. The highest BCUT2D eigenvalue weighted by Gasteiger charge is 2.46. The molecular weight excluding hydrogens is 458 g/mol. The molecule has 1 saturated heterocycles. The SMILES string of the molecule is CCOCC[N+]1(CCOC)CCCC1.O=S(=O)([N-]S(=O)(=O)C(F)(F)F)C(F)(F)F. The molecule has 1 aliphatic heterocycles. The minimum absolute atomic E-state index is 0.778. The molecule has 0 amide bonds. The fraction of sp³-hybridized carbons (Fsp3) is 1.00. The van der Waals surface area contributed by atoms with Gasteiger partial charge in [0.15, 0.2) is 20.0 Å². The van der Waals surface area contributed by atoms with Gasteiger partial charge in [-0.15, -0.1) is 0 Å². The van der Waals surface area contributed by atoms with Crippen LogP contribution in [0.25, 0.3) is 4.13 Å². The van der Waals surface area contributed by atoms with E-state index in [1.807, 2.05) is 0 Å². The zero-order valence-corrected chi connectivity index (χ0v) is 17.4. The van der Waals surface area contributed by atoms with Crippen LogP contribution in [0, 0.1) is 0 Å². The number of methoxy groups -OCH3 is 1. The number of sulfonamides is 2. The molecule has 16 heteroatoms. The highest BCUT2D eigenvalue weighted by atomic mass is 32.3. The first kappa shape index (κ1) is 28.3. The highest BCUT2D eigenvalue weighted by Crippen LogP contribution is 2.36.